The quantitative estimate of drug-likeness (QED) is 0.130. The molecule has 2 N–H and O–H groups in total. The van der Waals surface area contributed by atoms with Crippen molar-refractivity contribution >= 4 is 57.6 Å². The van der Waals surface area contributed by atoms with E-state index in [-0.39, 0.29) is 38.7 Å². The van der Waals surface area contributed by atoms with Crippen LogP contribution in [0.25, 0.3) is 17.3 Å². The number of thiazole rings is 1. The third-order valence-corrected chi connectivity index (χ3v) is 6.84. The summed E-state index contributed by atoms with van der Waals surface area (Å²) in [4.78, 5) is 28.4. The van der Waals surface area contributed by atoms with E-state index in [9.17, 15) is 9.59 Å². The summed E-state index contributed by atoms with van der Waals surface area (Å²) >= 11 is 13.6. The smallest absolute Gasteiger partial charge is 0.371 e. The lowest BCUT2D eigenvalue weighted by atomic mass is 10.1. The molecule has 11 heteroatoms. The average molecular weight is 581 g/mol. The third-order valence-electron chi connectivity index (χ3n) is 5.45. The first-order valence-electron chi connectivity index (χ1n) is 11.7. The second-order valence-electron chi connectivity index (χ2n) is 8.73. The highest BCUT2D eigenvalue weighted by Crippen LogP contribution is 2.31. The molecule has 7 nitrogen and oxygen atoms in total. The summed E-state index contributed by atoms with van der Waals surface area (Å²) in [6.45, 7) is 5.02. The summed E-state index contributed by atoms with van der Waals surface area (Å²) in [6, 6.07) is 7.73. The number of carbonyl (C=O) groups excluding carboxylic acids is 1. The zero-order valence-electron chi connectivity index (χ0n) is 21.0. The number of rotatable bonds is 12. The van der Waals surface area contributed by atoms with Crippen molar-refractivity contribution in [2.75, 3.05) is 19.0 Å². The van der Waals surface area contributed by atoms with Gasteiger partial charge in [-0.15, -0.1) is 11.3 Å². The molecule has 1 heterocycles. The summed E-state index contributed by atoms with van der Waals surface area (Å²) in [7, 11) is 1.21. The first kappa shape index (κ1) is 29.6. The summed E-state index contributed by atoms with van der Waals surface area (Å²) < 4.78 is 25.6. The molecule has 2 aromatic carbocycles. The Morgan fingerprint density at radius 3 is 2.58 bits per heavy atom. The van der Waals surface area contributed by atoms with Crippen LogP contribution in [0.4, 0.5) is 9.52 Å². The number of aromatic nitrogens is 1. The van der Waals surface area contributed by atoms with E-state index >= 15 is 4.39 Å². The minimum atomic E-state index is -1.29. The predicted molar refractivity (Wildman–Crippen MR) is 148 cm³/mol. The van der Waals surface area contributed by atoms with Gasteiger partial charge in [0.15, 0.2) is 5.13 Å². The van der Waals surface area contributed by atoms with Gasteiger partial charge < -0.3 is 14.6 Å². The van der Waals surface area contributed by atoms with Gasteiger partial charge in [0.1, 0.15) is 5.82 Å². The van der Waals surface area contributed by atoms with Crippen LogP contribution in [0.5, 0.6) is 0 Å². The molecule has 202 valence electrons. The number of amides is 1. The van der Waals surface area contributed by atoms with Gasteiger partial charge >= 0.3 is 5.97 Å². The molecular weight excluding hydrogens is 554 g/mol. The molecule has 0 aliphatic rings. The zero-order valence-corrected chi connectivity index (χ0v) is 23.3. The Balaban J connectivity index is 1.72. The number of nitrogens with one attached hydrogen (secondary N) is 1. The Morgan fingerprint density at radius 2 is 1.95 bits per heavy atom. The highest BCUT2D eigenvalue weighted by molar-refractivity contribution is 7.14. The normalized spacial score (nSPS) is 11.6. The van der Waals surface area contributed by atoms with Crippen molar-refractivity contribution in [3.63, 3.8) is 0 Å². The molecule has 1 aromatic heterocycles. The van der Waals surface area contributed by atoms with Crippen molar-refractivity contribution in [3.05, 3.63) is 74.0 Å². The van der Waals surface area contributed by atoms with Crippen LogP contribution in [0.3, 0.4) is 0 Å². The summed E-state index contributed by atoms with van der Waals surface area (Å²) in [5.41, 5.74) is 1.44. The van der Waals surface area contributed by atoms with Crippen LogP contribution in [0.2, 0.25) is 10.0 Å². The molecule has 0 aliphatic carbocycles. The SMILES string of the molecule is CO/C(=C/c1c(Cl)cc(C(=O)Nc2nc(-c3cccc(COCCCC(C)C)c3F)cs2)cc1Cl)C(=O)O. The van der Waals surface area contributed by atoms with Gasteiger partial charge in [-0.2, -0.15) is 0 Å². The van der Waals surface area contributed by atoms with E-state index in [4.69, 9.17) is 37.8 Å². The van der Waals surface area contributed by atoms with Gasteiger partial charge in [-0.25, -0.2) is 14.2 Å². The molecule has 0 atom stereocenters. The molecule has 38 heavy (non-hydrogen) atoms. The minimum absolute atomic E-state index is 0.0589. The molecule has 0 unspecified atom stereocenters. The molecule has 0 aliphatic heterocycles. The number of ether oxygens (including phenoxy) is 2. The number of carboxylic acids is 1. The number of halogens is 3. The van der Waals surface area contributed by atoms with Crippen LogP contribution in [0.15, 0.2) is 41.5 Å². The molecule has 1 amide bonds. The van der Waals surface area contributed by atoms with Crippen LogP contribution in [-0.4, -0.2) is 35.7 Å². The maximum absolute atomic E-state index is 15.1. The molecule has 3 rings (SSSR count). The number of hydrogen-bond acceptors (Lipinski definition) is 6. The topological polar surface area (TPSA) is 97.8 Å². The van der Waals surface area contributed by atoms with Crippen LogP contribution in [0.1, 0.15) is 48.2 Å². The fraction of sp³-hybridized carbons (Fsp3) is 0.296. The van der Waals surface area contributed by atoms with E-state index in [2.05, 4.69) is 24.1 Å². The predicted octanol–water partition coefficient (Wildman–Crippen LogP) is 7.53. The van der Waals surface area contributed by atoms with E-state index in [0.29, 0.717) is 29.3 Å². The van der Waals surface area contributed by atoms with E-state index in [1.54, 1.807) is 23.6 Å². The fourth-order valence-corrected chi connectivity index (χ4v) is 4.78. The van der Waals surface area contributed by atoms with Crippen molar-refractivity contribution in [2.45, 2.75) is 33.3 Å². The molecular formula is C27H27Cl2FN2O5S. The fourth-order valence-electron chi connectivity index (χ4n) is 3.48. The molecule has 0 saturated heterocycles. The number of carboxylic acid groups (broad SMARTS) is 1. The number of aliphatic carboxylic acids is 1. The van der Waals surface area contributed by atoms with Crippen LogP contribution < -0.4 is 5.32 Å². The highest BCUT2D eigenvalue weighted by Gasteiger charge is 2.18. The van der Waals surface area contributed by atoms with Gasteiger partial charge in [0.2, 0.25) is 5.76 Å². The second kappa shape index (κ2) is 13.7. The van der Waals surface area contributed by atoms with Gasteiger partial charge in [0, 0.05) is 34.2 Å². The molecule has 0 saturated carbocycles. The second-order valence-corrected chi connectivity index (χ2v) is 10.4. The first-order valence-corrected chi connectivity index (χ1v) is 13.3. The van der Waals surface area contributed by atoms with Gasteiger partial charge in [-0.1, -0.05) is 49.2 Å². The molecule has 0 fully saturated rings. The number of hydrogen-bond donors (Lipinski definition) is 2. The van der Waals surface area contributed by atoms with Crippen LogP contribution in [-0.2, 0) is 20.9 Å². The Kier molecular flexibility index (Phi) is 10.7. The highest BCUT2D eigenvalue weighted by atomic mass is 35.5. The molecule has 0 spiro atoms. The number of methoxy groups -OCH3 is 1. The van der Waals surface area contributed by atoms with Gasteiger partial charge in [0.05, 0.1) is 29.5 Å². The lowest BCUT2D eigenvalue weighted by Gasteiger charge is -2.09. The maximum Gasteiger partial charge on any atom is 0.371 e. The minimum Gasteiger partial charge on any atom is -0.490 e. The lowest BCUT2D eigenvalue weighted by Crippen LogP contribution is -2.12. The van der Waals surface area contributed by atoms with Gasteiger partial charge in [-0.3, -0.25) is 10.1 Å². The van der Waals surface area contributed by atoms with Crippen LogP contribution >= 0.6 is 34.5 Å². The van der Waals surface area contributed by atoms with Gasteiger partial charge in [0.25, 0.3) is 5.91 Å². The summed E-state index contributed by atoms with van der Waals surface area (Å²) in [5, 5.41) is 13.8. The van der Waals surface area contributed by atoms with Crippen molar-refractivity contribution < 1.29 is 28.6 Å². The Hall–Kier alpha value is -2.98. The zero-order chi connectivity index (χ0) is 27.8. The maximum atomic E-state index is 15.1. The van der Waals surface area contributed by atoms with E-state index < -0.39 is 17.7 Å². The molecule has 3 aromatic rings. The molecule has 0 radical (unpaired) electrons. The monoisotopic (exact) mass is 580 g/mol. The largest absolute Gasteiger partial charge is 0.490 e. The summed E-state index contributed by atoms with van der Waals surface area (Å²) in [5.74, 6) is -2.03. The summed E-state index contributed by atoms with van der Waals surface area (Å²) in [6.07, 6.45) is 3.14. The van der Waals surface area contributed by atoms with Gasteiger partial charge in [-0.05, 0) is 43.0 Å². The third kappa shape index (κ3) is 7.77. The Bertz CT molecular complexity index is 1320. The lowest BCUT2D eigenvalue weighted by molar-refractivity contribution is -0.135. The molecule has 0 bridgehead atoms. The van der Waals surface area contributed by atoms with E-state index in [0.717, 1.165) is 24.2 Å². The Labute approximate surface area is 234 Å². The van der Waals surface area contributed by atoms with Crippen molar-refractivity contribution in [3.8, 4) is 11.3 Å². The number of carbonyl (C=O) groups is 2. The van der Waals surface area contributed by atoms with E-state index in [1.165, 1.54) is 25.3 Å². The van der Waals surface area contributed by atoms with Crippen molar-refractivity contribution in [1.29, 1.82) is 0 Å². The van der Waals surface area contributed by atoms with Crippen LogP contribution in [0, 0.1) is 11.7 Å². The first-order chi connectivity index (χ1) is 18.1. The number of nitrogens with zero attached hydrogens (tertiary/aromatic N) is 1. The number of anilines is 1. The van der Waals surface area contributed by atoms with Crippen molar-refractivity contribution in [1.82, 2.24) is 4.98 Å². The van der Waals surface area contributed by atoms with Crippen molar-refractivity contribution in [2.24, 2.45) is 5.92 Å². The number of benzene rings is 2. The van der Waals surface area contributed by atoms with E-state index in [1.807, 2.05) is 0 Å². The Morgan fingerprint density at radius 1 is 1.24 bits per heavy atom. The average Bonchev–Trinajstić information content (AvgIpc) is 3.32. The standard InChI is InChI=1S/C27H27Cl2FN2O5S/c1-15(2)6-5-9-37-13-16-7-4-8-18(24(16)30)22-14-38-27(31-22)32-25(33)17-10-20(28)19(21(29)11-17)12-23(36-3)26(34)35/h4,7-8,10-12,14-15H,5-6,9,13H2,1-3H3,(H,34,35)(H,31,32,33)/b23-12+.